The van der Waals surface area contributed by atoms with Crippen molar-refractivity contribution in [2.24, 2.45) is 10.9 Å². The molecule has 1 aliphatic carbocycles. The lowest BCUT2D eigenvalue weighted by Gasteiger charge is -2.19. The molecule has 0 atom stereocenters. The first-order valence-electron chi connectivity index (χ1n) is 7.24. The van der Waals surface area contributed by atoms with E-state index >= 15 is 0 Å². The van der Waals surface area contributed by atoms with Crippen LogP contribution in [-0.4, -0.2) is 29.9 Å². The van der Waals surface area contributed by atoms with Gasteiger partial charge in [-0.3, -0.25) is 9.69 Å². The van der Waals surface area contributed by atoms with Gasteiger partial charge in [0.15, 0.2) is 0 Å². The summed E-state index contributed by atoms with van der Waals surface area (Å²) in [5.41, 5.74) is 0.620. The molecule has 1 N–H and O–H groups in total. The molecule has 3 rings (SSSR count). The van der Waals surface area contributed by atoms with Gasteiger partial charge < -0.3 is 5.32 Å². The maximum absolute atomic E-state index is 12.5. The summed E-state index contributed by atoms with van der Waals surface area (Å²) < 4.78 is 0. The second-order valence-corrected chi connectivity index (χ2v) is 6.27. The van der Waals surface area contributed by atoms with Crippen molar-refractivity contribution in [1.29, 1.82) is 0 Å². The lowest BCUT2D eigenvalue weighted by atomic mass is 10.1. The van der Waals surface area contributed by atoms with E-state index in [1.807, 2.05) is 0 Å². The molecule has 1 aliphatic heterocycles. The van der Waals surface area contributed by atoms with Crippen LogP contribution in [0.25, 0.3) is 0 Å². The van der Waals surface area contributed by atoms with Gasteiger partial charge in [-0.1, -0.05) is 36.0 Å². The third-order valence-electron chi connectivity index (χ3n) is 3.98. The van der Waals surface area contributed by atoms with Crippen LogP contribution in [0.3, 0.4) is 0 Å². The average molecular weight is 326 g/mol. The Hall–Kier alpha value is -1.26. The molecule has 21 heavy (non-hydrogen) atoms. The highest BCUT2D eigenvalue weighted by atomic mass is 35.5. The zero-order valence-corrected chi connectivity index (χ0v) is 13.1. The van der Waals surface area contributed by atoms with Gasteiger partial charge in [-0.15, -0.1) is 0 Å². The van der Waals surface area contributed by atoms with Crippen molar-refractivity contribution >= 4 is 40.8 Å². The molecule has 2 aliphatic rings. The number of rotatable bonds is 2. The fourth-order valence-corrected chi connectivity index (χ4v) is 3.33. The Bertz CT molecular complexity index is 582. The molecule has 1 saturated carbocycles. The molecule has 0 spiro atoms. The number of amides is 1. The SMILES string of the molecule is O=C(C1CCCC1)N1CCN/C1=N\c1ccc(Cl)cc1Cl. The first-order chi connectivity index (χ1) is 10.1. The van der Waals surface area contributed by atoms with Crippen molar-refractivity contribution in [3.8, 4) is 0 Å². The number of hydrogen-bond acceptors (Lipinski definition) is 2. The zero-order chi connectivity index (χ0) is 14.8. The third kappa shape index (κ3) is 3.16. The van der Waals surface area contributed by atoms with Crippen LogP contribution in [0.5, 0.6) is 0 Å². The molecule has 1 aromatic carbocycles. The Balaban J connectivity index is 1.82. The summed E-state index contributed by atoms with van der Waals surface area (Å²) in [6, 6.07) is 5.15. The van der Waals surface area contributed by atoms with Gasteiger partial charge in [0.2, 0.25) is 11.9 Å². The number of benzene rings is 1. The third-order valence-corrected chi connectivity index (χ3v) is 4.52. The largest absolute Gasteiger partial charge is 0.354 e. The second-order valence-electron chi connectivity index (χ2n) is 5.43. The summed E-state index contributed by atoms with van der Waals surface area (Å²) in [5, 5.41) is 4.22. The van der Waals surface area contributed by atoms with Crippen molar-refractivity contribution < 1.29 is 4.79 Å². The maximum Gasteiger partial charge on any atom is 0.232 e. The van der Waals surface area contributed by atoms with Gasteiger partial charge in [0, 0.05) is 24.0 Å². The number of carbonyl (C=O) groups excluding carboxylic acids is 1. The van der Waals surface area contributed by atoms with Crippen molar-refractivity contribution in [2.45, 2.75) is 25.7 Å². The van der Waals surface area contributed by atoms with E-state index in [0.717, 1.165) is 32.2 Å². The molecule has 6 heteroatoms. The monoisotopic (exact) mass is 325 g/mol. The van der Waals surface area contributed by atoms with Crippen molar-refractivity contribution in [3.05, 3.63) is 28.2 Å². The summed E-state index contributed by atoms with van der Waals surface area (Å²) in [4.78, 5) is 18.8. The van der Waals surface area contributed by atoms with Gasteiger partial charge in [0.1, 0.15) is 0 Å². The number of aliphatic imine (C=N–C) groups is 1. The Morgan fingerprint density at radius 2 is 2.05 bits per heavy atom. The van der Waals surface area contributed by atoms with Crippen molar-refractivity contribution in [2.75, 3.05) is 13.1 Å². The maximum atomic E-state index is 12.5. The minimum absolute atomic E-state index is 0.149. The summed E-state index contributed by atoms with van der Waals surface area (Å²) in [5.74, 6) is 0.924. The van der Waals surface area contributed by atoms with Crippen LogP contribution in [0.2, 0.25) is 10.0 Å². The van der Waals surface area contributed by atoms with E-state index in [9.17, 15) is 4.79 Å². The van der Waals surface area contributed by atoms with E-state index in [1.165, 1.54) is 0 Å². The molecule has 1 heterocycles. The fraction of sp³-hybridized carbons (Fsp3) is 0.467. The van der Waals surface area contributed by atoms with Gasteiger partial charge in [0.25, 0.3) is 0 Å². The zero-order valence-electron chi connectivity index (χ0n) is 11.6. The van der Waals surface area contributed by atoms with E-state index in [0.29, 0.717) is 28.2 Å². The second kappa shape index (κ2) is 6.24. The van der Waals surface area contributed by atoms with Gasteiger partial charge in [-0.25, -0.2) is 4.99 Å². The van der Waals surface area contributed by atoms with Crippen LogP contribution in [0.4, 0.5) is 5.69 Å². The molecular formula is C15H17Cl2N3O. The molecule has 112 valence electrons. The smallest absolute Gasteiger partial charge is 0.232 e. The van der Waals surface area contributed by atoms with Crippen molar-refractivity contribution in [3.63, 3.8) is 0 Å². The normalized spacial score (nSPS) is 21.0. The van der Waals surface area contributed by atoms with Crippen LogP contribution >= 0.6 is 23.2 Å². The number of carbonyl (C=O) groups is 1. The molecular weight excluding hydrogens is 309 g/mol. The molecule has 0 unspecified atom stereocenters. The predicted octanol–water partition coefficient (Wildman–Crippen LogP) is 3.60. The fourth-order valence-electron chi connectivity index (χ4n) is 2.87. The molecule has 1 amide bonds. The Kier molecular flexibility index (Phi) is 4.36. The highest BCUT2D eigenvalue weighted by Gasteiger charge is 2.32. The number of guanidine groups is 1. The average Bonchev–Trinajstić information content (AvgIpc) is 3.12. The molecule has 2 fully saturated rings. The molecule has 4 nitrogen and oxygen atoms in total. The molecule has 0 bridgehead atoms. The minimum Gasteiger partial charge on any atom is -0.354 e. The number of nitrogens with zero attached hydrogens (tertiary/aromatic N) is 2. The summed E-state index contributed by atoms with van der Waals surface area (Å²) in [7, 11) is 0. The van der Waals surface area contributed by atoms with Crippen LogP contribution in [0.15, 0.2) is 23.2 Å². The van der Waals surface area contributed by atoms with Crippen LogP contribution in [0, 0.1) is 5.92 Å². The predicted molar refractivity (Wildman–Crippen MR) is 85.2 cm³/mol. The number of nitrogens with one attached hydrogen (secondary N) is 1. The standard InChI is InChI=1S/C15H17Cl2N3O/c16-11-5-6-13(12(17)9-11)19-15-18-7-8-20(15)14(21)10-3-1-2-4-10/h5-6,9-10H,1-4,7-8H2,(H,18,19). The molecule has 1 saturated heterocycles. The van der Waals surface area contributed by atoms with E-state index < -0.39 is 0 Å². The van der Waals surface area contributed by atoms with Crippen LogP contribution in [-0.2, 0) is 4.79 Å². The summed E-state index contributed by atoms with van der Waals surface area (Å²) in [6.07, 6.45) is 4.27. The van der Waals surface area contributed by atoms with Crippen LogP contribution < -0.4 is 5.32 Å². The first kappa shape index (κ1) is 14.7. The highest BCUT2D eigenvalue weighted by molar-refractivity contribution is 6.36. The molecule has 1 aromatic rings. The Morgan fingerprint density at radius 3 is 2.76 bits per heavy atom. The Labute approximate surface area is 134 Å². The van der Waals surface area contributed by atoms with E-state index in [1.54, 1.807) is 23.1 Å². The molecule has 0 aromatic heterocycles. The van der Waals surface area contributed by atoms with Gasteiger partial charge >= 0.3 is 0 Å². The first-order valence-corrected chi connectivity index (χ1v) is 8.00. The lowest BCUT2D eigenvalue weighted by molar-refractivity contribution is -0.130. The van der Waals surface area contributed by atoms with Crippen molar-refractivity contribution in [1.82, 2.24) is 10.2 Å². The lowest BCUT2D eigenvalue weighted by Crippen LogP contribution is -2.38. The molecule has 0 radical (unpaired) electrons. The topological polar surface area (TPSA) is 44.7 Å². The van der Waals surface area contributed by atoms with Crippen LogP contribution in [0.1, 0.15) is 25.7 Å². The van der Waals surface area contributed by atoms with Gasteiger partial charge in [0.05, 0.1) is 10.7 Å². The number of hydrogen-bond donors (Lipinski definition) is 1. The summed E-state index contributed by atoms with van der Waals surface area (Å²) >= 11 is 12.0. The van der Waals surface area contributed by atoms with Gasteiger partial charge in [-0.05, 0) is 31.0 Å². The minimum atomic E-state index is 0.149. The Morgan fingerprint density at radius 1 is 1.29 bits per heavy atom. The van der Waals surface area contributed by atoms with E-state index in [-0.39, 0.29) is 11.8 Å². The summed E-state index contributed by atoms with van der Waals surface area (Å²) in [6.45, 7) is 1.39. The van der Waals surface area contributed by atoms with E-state index in [2.05, 4.69) is 10.3 Å². The van der Waals surface area contributed by atoms with E-state index in [4.69, 9.17) is 23.2 Å². The van der Waals surface area contributed by atoms with Gasteiger partial charge in [-0.2, -0.15) is 0 Å². The highest BCUT2D eigenvalue weighted by Crippen LogP contribution is 2.30. The quantitative estimate of drug-likeness (QED) is 0.902. The number of halogens is 2.